The predicted octanol–water partition coefficient (Wildman–Crippen LogP) is 4.17. The molecule has 0 fully saturated rings. The van der Waals surface area contributed by atoms with Gasteiger partial charge in [-0.1, -0.05) is 18.2 Å². The van der Waals surface area contributed by atoms with Crippen molar-refractivity contribution in [1.29, 1.82) is 0 Å². The minimum absolute atomic E-state index is 0.0774. The van der Waals surface area contributed by atoms with Crippen LogP contribution in [0.1, 0.15) is 11.6 Å². The standard InChI is InChI=1S/C17H15FN2S/c18-14-5-7-15(8-6-14)21-11-16(19)13-4-3-12-2-1-9-20-17(12)10-13/h1-10,16H,11,19H2. The molecule has 0 amide bonds. The molecule has 3 aromatic rings. The van der Waals surface area contributed by atoms with Gasteiger partial charge in [-0.15, -0.1) is 11.8 Å². The van der Waals surface area contributed by atoms with Crippen LogP contribution in [-0.2, 0) is 0 Å². The summed E-state index contributed by atoms with van der Waals surface area (Å²) in [5.41, 5.74) is 8.26. The molecule has 1 heterocycles. The lowest BCUT2D eigenvalue weighted by atomic mass is 10.1. The second-order valence-electron chi connectivity index (χ2n) is 4.83. The third-order valence-corrected chi connectivity index (χ3v) is 4.43. The topological polar surface area (TPSA) is 38.9 Å². The van der Waals surface area contributed by atoms with E-state index in [-0.39, 0.29) is 11.9 Å². The van der Waals surface area contributed by atoms with Crippen LogP contribution in [-0.4, -0.2) is 10.7 Å². The fraction of sp³-hybridized carbons (Fsp3) is 0.118. The zero-order chi connectivity index (χ0) is 14.7. The highest BCUT2D eigenvalue weighted by atomic mass is 32.2. The van der Waals surface area contributed by atoms with E-state index in [0.29, 0.717) is 0 Å². The van der Waals surface area contributed by atoms with E-state index in [1.807, 2.05) is 30.3 Å². The zero-order valence-corrected chi connectivity index (χ0v) is 12.2. The van der Waals surface area contributed by atoms with Gasteiger partial charge in [0.1, 0.15) is 5.82 Å². The maximum atomic E-state index is 12.9. The van der Waals surface area contributed by atoms with Gasteiger partial charge in [-0.3, -0.25) is 4.98 Å². The minimum atomic E-state index is -0.218. The van der Waals surface area contributed by atoms with Gasteiger partial charge < -0.3 is 5.73 Å². The molecule has 0 saturated heterocycles. The highest BCUT2D eigenvalue weighted by Gasteiger charge is 2.08. The number of fused-ring (bicyclic) bond motifs is 1. The van der Waals surface area contributed by atoms with E-state index in [9.17, 15) is 4.39 Å². The van der Waals surface area contributed by atoms with Crippen molar-refractivity contribution in [3.05, 3.63) is 72.2 Å². The van der Waals surface area contributed by atoms with Crippen LogP contribution in [0.25, 0.3) is 10.9 Å². The van der Waals surface area contributed by atoms with Crippen LogP contribution in [0.2, 0.25) is 0 Å². The molecule has 2 aromatic carbocycles. The maximum Gasteiger partial charge on any atom is 0.123 e. The molecule has 21 heavy (non-hydrogen) atoms. The molecule has 0 aliphatic rings. The van der Waals surface area contributed by atoms with Crippen molar-refractivity contribution in [2.75, 3.05) is 5.75 Å². The molecule has 0 saturated carbocycles. The average molecular weight is 298 g/mol. The smallest absolute Gasteiger partial charge is 0.123 e. The second kappa shape index (κ2) is 6.24. The van der Waals surface area contributed by atoms with E-state index < -0.39 is 0 Å². The Bertz CT molecular complexity index is 743. The minimum Gasteiger partial charge on any atom is -0.323 e. The van der Waals surface area contributed by atoms with Crippen LogP contribution in [0.4, 0.5) is 4.39 Å². The third-order valence-electron chi connectivity index (χ3n) is 3.30. The molecule has 3 rings (SSSR count). The van der Waals surface area contributed by atoms with Gasteiger partial charge in [0, 0.05) is 28.3 Å². The zero-order valence-electron chi connectivity index (χ0n) is 11.4. The second-order valence-corrected chi connectivity index (χ2v) is 5.92. The number of hydrogen-bond donors (Lipinski definition) is 1. The van der Waals surface area contributed by atoms with Crippen LogP contribution in [0, 0.1) is 5.82 Å². The summed E-state index contributed by atoms with van der Waals surface area (Å²) in [6, 6.07) is 16.5. The molecule has 1 aromatic heterocycles. The summed E-state index contributed by atoms with van der Waals surface area (Å²) >= 11 is 1.63. The first kappa shape index (κ1) is 14.0. The van der Waals surface area contributed by atoms with Crippen LogP contribution in [0.3, 0.4) is 0 Å². The van der Waals surface area contributed by atoms with Crippen LogP contribution in [0.5, 0.6) is 0 Å². The molecule has 106 valence electrons. The van der Waals surface area contributed by atoms with Gasteiger partial charge in [0.25, 0.3) is 0 Å². The van der Waals surface area contributed by atoms with Crippen molar-refractivity contribution in [1.82, 2.24) is 4.98 Å². The van der Waals surface area contributed by atoms with Crippen molar-refractivity contribution < 1.29 is 4.39 Å². The Hall–Kier alpha value is -1.91. The quantitative estimate of drug-likeness (QED) is 0.735. The molecular formula is C17H15FN2S. The lowest BCUT2D eigenvalue weighted by Crippen LogP contribution is -2.12. The first-order valence-corrected chi connectivity index (χ1v) is 7.69. The van der Waals surface area contributed by atoms with E-state index in [4.69, 9.17) is 5.73 Å². The fourth-order valence-electron chi connectivity index (χ4n) is 2.13. The van der Waals surface area contributed by atoms with E-state index in [0.717, 1.165) is 27.1 Å². The lowest BCUT2D eigenvalue weighted by molar-refractivity contribution is 0.626. The summed E-state index contributed by atoms with van der Waals surface area (Å²) in [5, 5.41) is 1.11. The van der Waals surface area contributed by atoms with Crippen LogP contribution >= 0.6 is 11.8 Å². The monoisotopic (exact) mass is 298 g/mol. The number of thioether (sulfide) groups is 1. The summed E-state index contributed by atoms with van der Waals surface area (Å²) in [5.74, 6) is 0.522. The normalized spacial score (nSPS) is 12.5. The van der Waals surface area contributed by atoms with Gasteiger partial charge in [-0.2, -0.15) is 0 Å². The van der Waals surface area contributed by atoms with E-state index >= 15 is 0 Å². The van der Waals surface area contributed by atoms with Gasteiger partial charge in [-0.25, -0.2) is 4.39 Å². The largest absolute Gasteiger partial charge is 0.323 e. The predicted molar refractivity (Wildman–Crippen MR) is 85.8 cm³/mol. The van der Waals surface area contributed by atoms with Crippen LogP contribution in [0.15, 0.2) is 65.7 Å². The first-order chi connectivity index (χ1) is 10.2. The van der Waals surface area contributed by atoms with E-state index in [1.54, 1.807) is 30.1 Å². The summed E-state index contributed by atoms with van der Waals surface area (Å²) in [6.45, 7) is 0. The van der Waals surface area contributed by atoms with Gasteiger partial charge in [-0.05, 0) is 42.0 Å². The molecule has 4 heteroatoms. The van der Waals surface area contributed by atoms with Gasteiger partial charge >= 0.3 is 0 Å². The SMILES string of the molecule is NC(CSc1ccc(F)cc1)c1ccc2cccnc2c1. The maximum absolute atomic E-state index is 12.9. The van der Waals surface area contributed by atoms with E-state index in [2.05, 4.69) is 4.98 Å². The molecule has 0 aliphatic heterocycles. The number of hydrogen-bond acceptors (Lipinski definition) is 3. The number of nitrogens with zero attached hydrogens (tertiary/aromatic N) is 1. The van der Waals surface area contributed by atoms with Gasteiger partial charge in [0.05, 0.1) is 5.52 Å². The van der Waals surface area contributed by atoms with Crippen molar-refractivity contribution >= 4 is 22.7 Å². The fourth-order valence-corrected chi connectivity index (χ4v) is 3.02. The molecular weight excluding hydrogens is 283 g/mol. The summed E-state index contributed by atoms with van der Waals surface area (Å²) < 4.78 is 12.9. The lowest BCUT2D eigenvalue weighted by Gasteiger charge is -2.12. The van der Waals surface area contributed by atoms with Crippen molar-refractivity contribution in [3.8, 4) is 0 Å². The molecule has 0 bridgehead atoms. The first-order valence-electron chi connectivity index (χ1n) is 6.71. The Kier molecular flexibility index (Phi) is 4.18. The molecule has 1 atom stereocenters. The number of aromatic nitrogens is 1. The van der Waals surface area contributed by atoms with Gasteiger partial charge in [0.2, 0.25) is 0 Å². The Balaban J connectivity index is 1.71. The highest BCUT2D eigenvalue weighted by Crippen LogP contribution is 2.25. The molecule has 0 radical (unpaired) electrons. The Morgan fingerprint density at radius 3 is 2.71 bits per heavy atom. The molecule has 2 nitrogen and oxygen atoms in total. The Morgan fingerprint density at radius 1 is 1.10 bits per heavy atom. The number of halogens is 1. The Morgan fingerprint density at radius 2 is 1.90 bits per heavy atom. The summed E-state index contributed by atoms with van der Waals surface area (Å²) in [4.78, 5) is 5.37. The summed E-state index contributed by atoms with van der Waals surface area (Å²) in [7, 11) is 0. The van der Waals surface area contributed by atoms with Crippen molar-refractivity contribution in [2.45, 2.75) is 10.9 Å². The summed E-state index contributed by atoms with van der Waals surface area (Å²) in [6.07, 6.45) is 1.78. The van der Waals surface area contributed by atoms with Crippen molar-refractivity contribution in [3.63, 3.8) is 0 Å². The molecule has 0 aliphatic carbocycles. The number of benzene rings is 2. The number of pyridine rings is 1. The average Bonchev–Trinajstić information content (AvgIpc) is 2.53. The molecule has 2 N–H and O–H groups in total. The molecule has 1 unspecified atom stereocenters. The number of nitrogens with two attached hydrogens (primary N) is 1. The van der Waals surface area contributed by atoms with Crippen molar-refractivity contribution in [2.24, 2.45) is 5.73 Å². The Labute approximate surface area is 127 Å². The van der Waals surface area contributed by atoms with E-state index in [1.165, 1.54) is 12.1 Å². The molecule has 0 spiro atoms. The highest BCUT2D eigenvalue weighted by molar-refractivity contribution is 7.99. The van der Waals surface area contributed by atoms with Gasteiger partial charge in [0.15, 0.2) is 0 Å². The van der Waals surface area contributed by atoms with Crippen LogP contribution < -0.4 is 5.73 Å². The number of rotatable bonds is 4. The third kappa shape index (κ3) is 3.40.